The molecule has 0 aliphatic carbocycles. The number of rotatable bonds is 0. The maximum atomic E-state index is 0. The van der Waals surface area contributed by atoms with E-state index in [2.05, 4.69) is 0 Å². The monoisotopic (exact) mass is 375 g/mol. The Morgan fingerprint density at radius 1 is 1.00 bits per heavy atom. The first kappa shape index (κ1) is 29.0. The van der Waals surface area contributed by atoms with Crippen molar-refractivity contribution in [1.29, 1.82) is 0 Å². The van der Waals surface area contributed by atoms with E-state index in [1.54, 1.807) is 0 Å². The first-order chi connectivity index (χ1) is 0. The Bertz CT molecular complexity index is 8.00. The summed E-state index contributed by atoms with van der Waals surface area (Å²) >= 11 is 0. The van der Waals surface area contributed by atoms with E-state index in [1.165, 1.54) is 0 Å². The van der Waals surface area contributed by atoms with Crippen LogP contribution in [0.3, 0.4) is 0 Å². The Morgan fingerprint density at radius 2 is 1.00 bits per heavy atom. The average Bonchev–Trinajstić information content (AvgIpc) is 0. The summed E-state index contributed by atoms with van der Waals surface area (Å²) in [7, 11) is 0. The van der Waals surface area contributed by atoms with E-state index in [1.807, 2.05) is 0 Å². The third-order valence-corrected chi connectivity index (χ3v) is 0. The molecule has 0 fully saturated rings. The Balaban J connectivity index is 0. The van der Waals surface area contributed by atoms with Crippen LogP contribution in [0.15, 0.2) is 0 Å². The fourth-order valence-electron chi connectivity index (χ4n) is 0. The van der Waals surface area contributed by atoms with Crippen LogP contribution in [0, 0.1) is 0 Å². The fourth-order valence-corrected chi connectivity index (χ4v) is 0. The van der Waals surface area contributed by atoms with Gasteiger partial charge in [-0.15, -0.1) is 0 Å². The summed E-state index contributed by atoms with van der Waals surface area (Å²) in [5.41, 5.74) is 0. The normalized spacial score (nSPS) is 0. The second-order valence-corrected chi connectivity index (χ2v) is 0. The molecule has 0 aliphatic rings. The van der Waals surface area contributed by atoms with Crippen molar-refractivity contribution in [3.8, 4) is 0 Å². The first-order valence-electron chi connectivity index (χ1n) is 0. The van der Waals surface area contributed by atoms with Gasteiger partial charge in [-0.1, -0.05) is 0 Å². The minimum absolute atomic E-state index is 0. The van der Waals surface area contributed by atoms with Crippen molar-refractivity contribution in [3.05, 3.63) is 0 Å². The summed E-state index contributed by atoms with van der Waals surface area (Å²) in [4.78, 5) is 0. The predicted octanol–water partition coefficient (Wildman–Crippen LogP) is -3.29. The zero-order valence-electron chi connectivity index (χ0n) is 1.01. The van der Waals surface area contributed by atoms with Crippen LogP contribution in [-0.4, -0.2) is 69.5 Å². The molecule has 0 aliphatic heterocycles. The summed E-state index contributed by atoms with van der Waals surface area (Å²) in [5.74, 6) is 0. The molecular weight excluding hydrogens is 367 g/mol. The molecule has 0 spiro atoms. The van der Waals surface area contributed by atoms with Gasteiger partial charge in [0.05, 0.1) is 0 Å². The van der Waals surface area contributed by atoms with Gasteiger partial charge in [-0.25, -0.2) is 0 Å². The molecule has 0 bridgehead atoms. The van der Waals surface area contributed by atoms with Crippen LogP contribution in [-0.2, 0) is 17.1 Å². The van der Waals surface area contributed by atoms with Crippen LogP contribution in [0.5, 0.6) is 0 Å². The minimum atomic E-state index is 0. The van der Waals surface area contributed by atoms with Gasteiger partial charge < -0.3 is 0 Å². The van der Waals surface area contributed by atoms with Crippen molar-refractivity contribution < 1.29 is 17.1 Å². The van der Waals surface area contributed by atoms with Crippen molar-refractivity contribution in [2.75, 3.05) is 0 Å². The molecule has 0 atom stereocenters. The first-order valence-corrected chi connectivity index (χ1v) is 0. The molecule has 0 saturated heterocycles. The van der Waals surface area contributed by atoms with Crippen molar-refractivity contribution in [2.24, 2.45) is 0 Å². The van der Waals surface area contributed by atoms with Crippen LogP contribution in [0.4, 0.5) is 0 Å². The summed E-state index contributed by atoms with van der Waals surface area (Å²) in [6.07, 6.45) is 0. The molecular formula is H8CuGaInSn. The van der Waals surface area contributed by atoms with Gasteiger partial charge in [-0.2, -0.15) is 0 Å². The van der Waals surface area contributed by atoms with Gasteiger partial charge in [-0.3, -0.25) is 0 Å². The number of hydrogen-bond acceptors (Lipinski definition) is 0. The SMILES string of the molecule is [Cu].[GaH3].[InH3].[SnH2]. The molecule has 0 aromatic heterocycles. The fraction of sp³-hybridized carbons (Fsp3) is 0. The van der Waals surface area contributed by atoms with Gasteiger partial charge >= 0.3 is 69.5 Å². The summed E-state index contributed by atoms with van der Waals surface area (Å²) in [5, 5.41) is 0. The van der Waals surface area contributed by atoms with Crippen LogP contribution in [0.1, 0.15) is 0 Å². The maximum absolute atomic E-state index is 0. The Morgan fingerprint density at radius 3 is 1.00 bits per heavy atom. The molecule has 0 nitrogen and oxygen atoms in total. The second kappa shape index (κ2) is 17.0. The topological polar surface area (TPSA) is 0 Å². The Hall–Kier alpha value is 2.82. The average molecular weight is 375 g/mol. The van der Waals surface area contributed by atoms with E-state index >= 15 is 0 Å². The molecule has 3 radical (unpaired) electrons. The standard InChI is InChI=1S/Cu.Ga.In.Sn.8H. The van der Waals surface area contributed by atoms with Crippen LogP contribution in [0.25, 0.3) is 0 Å². The molecule has 4 heteroatoms. The zero-order chi connectivity index (χ0) is 0. The van der Waals surface area contributed by atoms with Gasteiger partial charge in [0.1, 0.15) is 0 Å². The van der Waals surface area contributed by atoms with Crippen molar-refractivity contribution >= 4 is 69.5 Å². The van der Waals surface area contributed by atoms with Gasteiger partial charge in [-0.05, 0) is 0 Å². The molecule has 29 valence electrons. The Labute approximate surface area is 85.1 Å². The Kier molecular flexibility index (Phi) is 123. The summed E-state index contributed by atoms with van der Waals surface area (Å²) in [6, 6.07) is 0. The van der Waals surface area contributed by atoms with Crippen molar-refractivity contribution in [2.45, 2.75) is 0 Å². The van der Waals surface area contributed by atoms with Crippen LogP contribution >= 0.6 is 0 Å². The second-order valence-electron chi connectivity index (χ2n) is 0. The molecule has 0 saturated carbocycles. The molecule has 0 aromatic rings. The number of hydrogen-bond donors (Lipinski definition) is 0. The van der Waals surface area contributed by atoms with Gasteiger partial charge in [0, 0.05) is 17.1 Å². The van der Waals surface area contributed by atoms with Crippen LogP contribution < -0.4 is 0 Å². The predicted molar refractivity (Wildman–Crippen MR) is 28.4 cm³/mol. The molecule has 0 rings (SSSR count). The molecule has 0 aromatic carbocycles. The van der Waals surface area contributed by atoms with E-state index < -0.39 is 0 Å². The zero-order valence-corrected chi connectivity index (χ0v) is 5.99. The molecule has 4 heavy (non-hydrogen) atoms. The van der Waals surface area contributed by atoms with E-state index in [-0.39, 0.29) is 86.6 Å². The van der Waals surface area contributed by atoms with Crippen LogP contribution in [0.2, 0.25) is 0 Å². The summed E-state index contributed by atoms with van der Waals surface area (Å²) in [6.45, 7) is 0. The van der Waals surface area contributed by atoms with E-state index in [4.69, 9.17) is 0 Å². The third-order valence-electron chi connectivity index (χ3n) is 0. The third kappa shape index (κ3) is 8.85. The van der Waals surface area contributed by atoms with Crippen molar-refractivity contribution in [1.82, 2.24) is 0 Å². The van der Waals surface area contributed by atoms with Crippen molar-refractivity contribution in [3.63, 3.8) is 0 Å². The summed E-state index contributed by atoms with van der Waals surface area (Å²) < 4.78 is 0. The van der Waals surface area contributed by atoms with E-state index in [0.29, 0.717) is 0 Å². The van der Waals surface area contributed by atoms with Gasteiger partial charge in [0.15, 0.2) is 0 Å². The molecule has 0 amide bonds. The van der Waals surface area contributed by atoms with E-state index in [0.717, 1.165) is 0 Å². The van der Waals surface area contributed by atoms with Gasteiger partial charge in [0.25, 0.3) is 0 Å². The van der Waals surface area contributed by atoms with E-state index in [9.17, 15) is 0 Å². The van der Waals surface area contributed by atoms with Gasteiger partial charge in [0.2, 0.25) is 0 Å². The molecule has 0 unspecified atom stereocenters. The molecule has 0 heterocycles. The molecule has 0 N–H and O–H groups in total. The quantitative estimate of drug-likeness (QED) is 0.390.